The average molecular weight is 293 g/mol. The van der Waals surface area contributed by atoms with Crippen molar-refractivity contribution in [2.75, 3.05) is 16.8 Å². The number of carbonyl (C=O) groups is 2. The highest BCUT2D eigenvalue weighted by molar-refractivity contribution is 6.52. The first-order chi connectivity index (χ1) is 9.61. The number of Topliss-reactive ketones (excluding diaryl/α,β-unsaturated/α-hetero) is 1. The van der Waals surface area contributed by atoms with Crippen molar-refractivity contribution in [3.05, 3.63) is 22.7 Å². The normalized spacial score (nSPS) is 18.3. The molecule has 1 N–H and O–H groups in total. The zero-order chi connectivity index (χ0) is 14.3. The maximum absolute atomic E-state index is 11.7. The van der Waals surface area contributed by atoms with E-state index in [1.165, 1.54) is 25.7 Å². The lowest BCUT2D eigenvalue weighted by Gasteiger charge is -2.31. The van der Waals surface area contributed by atoms with Gasteiger partial charge in [-0.25, -0.2) is 0 Å². The summed E-state index contributed by atoms with van der Waals surface area (Å²) in [6.45, 7) is 2.97. The molecule has 5 heteroatoms. The average Bonchev–Trinajstić information content (AvgIpc) is 3.03. The molecule has 1 aliphatic heterocycles. The Morgan fingerprint density at radius 1 is 1.30 bits per heavy atom. The molecule has 106 valence electrons. The largest absolute Gasteiger partial charge is 0.368 e. The van der Waals surface area contributed by atoms with Gasteiger partial charge < -0.3 is 10.2 Å². The molecule has 0 spiro atoms. The second kappa shape index (κ2) is 5.09. The van der Waals surface area contributed by atoms with E-state index < -0.39 is 11.7 Å². The van der Waals surface area contributed by atoms with Gasteiger partial charge in [-0.05, 0) is 31.9 Å². The van der Waals surface area contributed by atoms with Crippen LogP contribution in [0.1, 0.15) is 43.0 Å². The fourth-order valence-corrected chi connectivity index (χ4v) is 3.49. The quantitative estimate of drug-likeness (QED) is 0.870. The molecule has 3 rings (SSSR count). The summed E-state index contributed by atoms with van der Waals surface area (Å²) >= 11 is 6.34. The first kappa shape index (κ1) is 13.4. The predicted molar refractivity (Wildman–Crippen MR) is 79.7 cm³/mol. The Morgan fingerprint density at radius 2 is 2.00 bits per heavy atom. The van der Waals surface area contributed by atoms with Crippen LogP contribution in [-0.4, -0.2) is 24.3 Å². The van der Waals surface area contributed by atoms with E-state index in [1.807, 2.05) is 6.07 Å². The zero-order valence-electron chi connectivity index (χ0n) is 11.4. The van der Waals surface area contributed by atoms with Gasteiger partial charge in [0.15, 0.2) is 0 Å². The van der Waals surface area contributed by atoms with Crippen LogP contribution in [0.4, 0.5) is 11.4 Å². The van der Waals surface area contributed by atoms with Gasteiger partial charge in [0, 0.05) is 12.6 Å². The summed E-state index contributed by atoms with van der Waals surface area (Å²) in [5.74, 6) is -1.07. The number of hydrogen-bond donors (Lipinski definition) is 1. The number of carbonyl (C=O) groups excluding carboxylic acids is 2. The van der Waals surface area contributed by atoms with Gasteiger partial charge in [0.25, 0.3) is 11.7 Å². The Kier molecular flexibility index (Phi) is 3.42. The third-order valence-corrected chi connectivity index (χ3v) is 4.50. The highest BCUT2D eigenvalue weighted by atomic mass is 35.5. The van der Waals surface area contributed by atoms with Crippen LogP contribution in [-0.2, 0) is 4.79 Å². The minimum Gasteiger partial charge on any atom is -0.368 e. The van der Waals surface area contributed by atoms with E-state index >= 15 is 0 Å². The van der Waals surface area contributed by atoms with E-state index in [0.29, 0.717) is 22.3 Å². The fraction of sp³-hybridized carbons (Fsp3) is 0.467. The minimum atomic E-state index is -0.572. The molecule has 1 amide bonds. The number of benzene rings is 1. The van der Waals surface area contributed by atoms with Gasteiger partial charge in [-0.1, -0.05) is 24.4 Å². The van der Waals surface area contributed by atoms with Crippen LogP contribution >= 0.6 is 11.6 Å². The molecule has 1 heterocycles. The van der Waals surface area contributed by atoms with E-state index in [-0.39, 0.29) is 0 Å². The highest BCUT2D eigenvalue weighted by Crippen LogP contribution is 2.38. The van der Waals surface area contributed by atoms with Crippen molar-refractivity contribution in [1.29, 1.82) is 0 Å². The van der Waals surface area contributed by atoms with Gasteiger partial charge >= 0.3 is 0 Å². The summed E-state index contributed by atoms with van der Waals surface area (Å²) < 4.78 is 0. The molecule has 0 radical (unpaired) electrons. The van der Waals surface area contributed by atoms with Crippen LogP contribution in [0.25, 0.3) is 0 Å². The maximum atomic E-state index is 11.7. The van der Waals surface area contributed by atoms with Crippen molar-refractivity contribution < 1.29 is 9.59 Å². The molecule has 2 aliphatic rings. The number of anilines is 2. The van der Waals surface area contributed by atoms with Gasteiger partial charge in [-0.2, -0.15) is 0 Å². The third-order valence-electron chi connectivity index (χ3n) is 4.20. The van der Waals surface area contributed by atoms with Crippen molar-refractivity contribution >= 4 is 34.7 Å². The number of halogens is 1. The smallest absolute Gasteiger partial charge is 0.296 e. The summed E-state index contributed by atoms with van der Waals surface area (Å²) in [6.07, 6.45) is 4.84. The van der Waals surface area contributed by atoms with Crippen molar-refractivity contribution in [1.82, 2.24) is 0 Å². The summed E-state index contributed by atoms with van der Waals surface area (Å²) in [5, 5.41) is 3.15. The molecule has 1 aliphatic carbocycles. The Morgan fingerprint density at radius 3 is 2.65 bits per heavy atom. The van der Waals surface area contributed by atoms with Crippen molar-refractivity contribution in [3.63, 3.8) is 0 Å². The van der Waals surface area contributed by atoms with E-state index in [4.69, 9.17) is 11.6 Å². The molecule has 0 saturated heterocycles. The molecule has 0 bridgehead atoms. The number of rotatable bonds is 3. The number of nitrogens with one attached hydrogen (secondary N) is 1. The third kappa shape index (κ3) is 2.08. The van der Waals surface area contributed by atoms with Crippen molar-refractivity contribution in [2.24, 2.45) is 0 Å². The van der Waals surface area contributed by atoms with Crippen molar-refractivity contribution in [3.8, 4) is 0 Å². The summed E-state index contributed by atoms with van der Waals surface area (Å²) in [4.78, 5) is 25.4. The van der Waals surface area contributed by atoms with Gasteiger partial charge in [0.2, 0.25) is 0 Å². The number of fused-ring (bicyclic) bond motifs is 1. The molecule has 1 aromatic rings. The minimum absolute atomic E-state index is 0.381. The van der Waals surface area contributed by atoms with E-state index in [9.17, 15) is 9.59 Å². The van der Waals surface area contributed by atoms with Gasteiger partial charge in [0.05, 0.1) is 22.0 Å². The molecule has 0 unspecified atom stereocenters. The van der Waals surface area contributed by atoms with Crippen LogP contribution in [0, 0.1) is 0 Å². The Bertz CT molecular complexity index is 579. The van der Waals surface area contributed by atoms with Crippen molar-refractivity contribution in [2.45, 2.75) is 38.6 Å². The van der Waals surface area contributed by atoms with Crippen LogP contribution < -0.4 is 10.2 Å². The van der Waals surface area contributed by atoms with E-state index in [0.717, 1.165) is 12.2 Å². The molecular formula is C15H17ClN2O2. The SMILES string of the molecule is CCN(c1cc2c(cc1Cl)C(=O)C(=O)N2)C1CCCC1. The monoisotopic (exact) mass is 292 g/mol. The number of nitrogens with zero attached hydrogens (tertiary/aromatic N) is 1. The molecule has 1 aromatic carbocycles. The highest BCUT2D eigenvalue weighted by Gasteiger charge is 2.31. The van der Waals surface area contributed by atoms with Crippen LogP contribution in [0.5, 0.6) is 0 Å². The van der Waals surface area contributed by atoms with E-state index in [1.54, 1.807) is 6.07 Å². The summed E-state index contributed by atoms with van der Waals surface area (Å²) in [6, 6.07) is 3.95. The summed E-state index contributed by atoms with van der Waals surface area (Å²) in [5.41, 5.74) is 1.87. The Labute approximate surface area is 123 Å². The van der Waals surface area contributed by atoms with Gasteiger partial charge in [0.1, 0.15) is 0 Å². The molecule has 20 heavy (non-hydrogen) atoms. The van der Waals surface area contributed by atoms with E-state index in [2.05, 4.69) is 17.1 Å². The second-order valence-electron chi connectivity index (χ2n) is 5.36. The van der Waals surface area contributed by atoms with Gasteiger partial charge in [-0.15, -0.1) is 0 Å². The predicted octanol–water partition coefficient (Wildman–Crippen LogP) is 3.24. The second-order valence-corrected chi connectivity index (χ2v) is 5.76. The topological polar surface area (TPSA) is 49.4 Å². The number of hydrogen-bond acceptors (Lipinski definition) is 3. The molecule has 1 fully saturated rings. The lowest BCUT2D eigenvalue weighted by molar-refractivity contribution is -0.112. The molecule has 0 aromatic heterocycles. The summed E-state index contributed by atoms with van der Waals surface area (Å²) in [7, 11) is 0. The first-order valence-corrected chi connectivity index (χ1v) is 7.45. The Balaban J connectivity index is 2.00. The fourth-order valence-electron chi connectivity index (χ4n) is 3.22. The Hall–Kier alpha value is -1.55. The molecule has 1 saturated carbocycles. The van der Waals surface area contributed by atoms with Crippen LogP contribution in [0.3, 0.4) is 0 Å². The lowest BCUT2D eigenvalue weighted by atomic mass is 10.1. The number of amides is 1. The zero-order valence-corrected chi connectivity index (χ0v) is 12.2. The molecular weight excluding hydrogens is 276 g/mol. The van der Waals surface area contributed by atoms with Crippen LogP contribution in [0.2, 0.25) is 5.02 Å². The number of ketones is 1. The maximum Gasteiger partial charge on any atom is 0.296 e. The van der Waals surface area contributed by atoms with Gasteiger partial charge in [-0.3, -0.25) is 9.59 Å². The molecule has 4 nitrogen and oxygen atoms in total. The standard InChI is InChI=1S/C15H17ClN2O2/c1-2-18(9-5-3-4-6-9)13-8-12-10(7-11(13)16)14(19)15(20)17-12/h7-9H,2-6H2,1H3,(H,17,19,20). The molecule has 0 atom stereocenters. The van der Waals surface area contributed by atoms with Crippen LogP contribution in [0.15, 0.2) is 12.1 Å². The lowest BCUT2D eigenvalue weighted by Crippen LogP contribution is -2.33. The first-order valence-electron chi connectivity index (χ1n) is 7.07.